The van der Waals surface area contributed by atoms with Gasteiger partial charge in [-0.2, -0.15) is 5.10 Å². The van der Waals surface area contributed by atoms with Gasteiger partial charge in [-0.05, 0) is 29.7 Å². The number of hydrogen-bond donors (Lipinski definition) is 1. The molecule has 0 spiro atoms. The molecule has 4 heteroatoms. The van der Waals surface area contributed by atoms with Gasteiger partial charge in [0.1, 0.15) is 6.33 Å². The Morgan fingerprint density at radius 1 is 1.06 bits per heavy atom. The fourth-order valence-corrected chi connectivity index (χ4v) is 2.29. The Morgan fingerprint density at radius 3 is 3.06 bits per heavy atom. The summed E-state index contributed by atoms with van der Waals surface area (Å²) in [5.74, 6) is 0. The van der Waals surface area contributed by atoms with Crippen LogP contribution in [0.15, 0.2) is 55.1 Å². The van der Waals surface area contributed by atoms with Crippen LogP contribution in [-0.4, -0.2) is 19.6 Å². The van der Waals surface area contributed by atoms with Gasteiger partial charge in [0.25, 0.3) is 0 Å². The third-order valence-corrected chi connectivity index (χ3v) is 3.18. The summed E-state index contributed by atoms with van der Waals surface area (Å²) in [6, 6.07) is 12.5. The fourth-order valence-electron chi connectivity index (χ4n) is 2.29. The molecule has 0 saturated heterocycles. The topological polar surface area (TPSA) is 46.0 Å². The fraction of sp³-hybridized carbons (Fsp3) is 0. The van der Waals surface area contributed by atoms with Crippen molar-refractivity contribution < 1.29 is 0 Å². The summed E-state index contributed by atoms with van der Waals surface area (Å²) in [7, 11) is 0. The van der Waals surface area contributed by atoms with Crippen LogP contribution in [0.3, 0.4) is 0 Å². The molecule has 4 aromatic rings. The highest BCUT2D eigenvalue weighted by atomic mass is 15.2. The highest BCUT2D eigenvalue weighted by Gasteiger charge is 2.06. The number of H-pyrrole nitrogens is 1. The van der Waals surface area contributed by atoms with E-state index in [1.807, 2.05) is 23.0 Å². The summed E-state index contributed by atoms with van der Waals surface area (Å²) in [4.78, 5) is 7.25. The summed E-state index contributed by atoms with van der Waals surface area (Å²) in [5, 5.41) is 5.50. The van der Waals surface area contributed by atoms with Crippen molar-refractivity contribution in [3.05, 3.63) is 55.1 Å². The van der Waals surface area contributed by atoms with Gasteiger partial charge in [-0.1, -0.05) is 12.1 Å². The molecule has 0 aliphatic carbocycles. The van der Waals surface area contributed by atoms with E-state index < -0.39 is 0 Å². The number of fused-ring (bicyclic) bond motifs is 2. The van der Waals surface area contributed by atoms with E-state index >= 15 is 0 Å². The smallest absolute Gasteiger partial charge is 0.136 e. The van der Waals surface area contributed by atoms with Crippen molar-refractivity contribution in [3.63, 3.8) is 0 Å². The molecule has 3 aromatic heterocycles. The quantitative estimate of drug-likeness (QED) is 0.550. The molecule has 86 valence electrons. The number of aromatic amines is 1. The average Bonchev–Trinajstić information content (AvgIpc) is 3.04. The summed E-state index contributed by atoms with van der Waals surface area (Å²) < 4.78 is 1.90. The van der Waals surface area contributed by atoms with E-state index in [-0.39, 0.29) is 0 Å². The lowest BCUT2D eigenvalue weighted by molar-refractivity contribution is 0.910. The van der Waals surface area contributed by atoms with Gasteiger partial charge in [0.05, 0.1) is 17.4 Å². The molecule has 0 aliphatic heterocycles. The minimum absolute atomic E-state index is 0.999. The van der Waals surface area contributed by atoms with Gasteiger partial charge in [0.2, 0.25) is 0 Å². The van der Waals surface area contributed by atoms with Gasteiger partial charge in [-0.15, -0.1) is 0 Å². The first-order chi connectivity index (χ1) is 8.92. The standard InChI is InChI=1S/C14H10N4/c1-2-11(7-13-10(1)5-6-16-13)14-4-3-12-8-15-9-17-18(12)14/h1-9,16H. The van der Waals surface area contributed by atoms with Crippen LogP contribution >= 0.6 is 0 Å². The van der Waals surface area contributed by atoms with Crippen LogP contribution in [-0.2, 0) is 0 Å². The first-order valence-corrected chi connectivity index (χ1v) is 5.77. The molecule has 4 rings (SSSR count). The Balaban J connectivity index is 2.00. The Hall–Kier alpha value is -2.62. The van der Waals surface area contributed by atoms with E-state index in [0.717, 1.165) is 22.3 Å². The molecule has 1 aromatic carbocycles. The summed E-state index contributed by atoms with van der Waals surface area (Å²) in [6.45, 7) is 0. The molecule has 0 aliphatic rings. The Kier molecular flexibility index (Phi) is 1.80. The molecule has 0 amide bonds. The van der Waals surface area contributed by atoms with Crippen LogP contribution in [0, 0.1) is 0 Å². The molecule has 0 radical (unpaired) electrons. The minimum Gasteiger partial charge on any atom is -0.361 e. The van der Waals surface area contributed by atoms with Crippen molar-refractivity contribution in [2.75, 3.05) is 0 Å². The van der Waals surface area contributed by atoms with Crippen LogP contribution in [0.5, 0.6) is 0 Å². The molecule has 0 bridgehead atoms. The number of rotatable bonds is 1. The van der Waals surface area contributed by atoms with Crippen molar-refractivity contribution in [2.45, 2.75) is 0 Å². The van der Waals surface area contributed by atoms with Crippen LogP contribution in [0.4, 0.5) is 0 Å². The molecule has 1 N–H and O–H groups in total. The number of nitrogens with one attached hydrogen (secondary N) is 1. The number of hydrogen-bond acceptors (Lipinski definition) is 2. The van der Waals surface area contributed by atoms with Crippen molar-refractivity contribution in [2.24, 2.45) is 0 Å². The van der Waals surface area contributed by atoms with Crippen LogP contribution in [0.2, 0.25) is 0 Å². The zero-order valence-corrected chi connectivity index (χ0v) is 9.54. The molecule has 3 heterocycles. The predicted molar refractivity (Wildman–Crippen MR) is 70.3 cm³/mol. The van der Waals surface area contributed by atoms with Gasteiger partial charge < -0.3 is 4.98 Å². The van der Waals surface area contributed by atoms with Crippen LogP contribution in [0.25, 0.3) is 27.7 Å². The van der Waals surface area contributed by atoms with Gasteiger partial charge in [-0.25, -0.2) is 9.50 Å². The third-order valence-electron chi connectivity index (χ3n) is 3.18. The van der Waals surface area contributed by atoms with E-state index in [1.54, 1.807) is 6.33 Å². The zero-order valence-electron chi connectivity index (χ0n) is 9.54. The molecule has 0 atom stereocenters. The zero-order chi connectivity index (χ0) is 11.9. The summed E-state index contributed by atoms with van der Waals surface area (Å²) in [5.41, 5.74) is 4.35. The van der Waals surface area contributed by atoms with Gasteiger partial charge in [0, 0.05) is 17.3 Å². The Morgan fingerprint density at radius 2 is 2.06 bits per heavy atom. The second-order valence-corrected chi connectivity index (χ2v) is 4.24. The van der Waals surface area contributed by atoms with E-state index in [9.17, 15) is 0 Å². The lowest BCUT2D eigenvalue weighted by atomic mass is 10.1. The van der Waals surface area contributed by atoms with Gasteiger partial charge in [-0.3, -0.25) is 0 Å². The molecule has 18 heavy (non-hydrogen) atoms. The normalized spacial score (nSPS) is 11.3. The van der Waals surface area contributed by atoms with Gasteiger partial charge >= 0.3 is 0 Å². The maximum atomic E-state index is 4.28. The lowest BCUT2D eigenvalue weighted by Gasteiger charge is -2.02. The van der Waals surface area contributed by atoms with E-state index in [0.29, 0.717) is 0 Å². The van der Waals surface area contributed by atoms with E-state index in [2.05, 4.69) is 45.4 Å². The maximum absolute atomic E-state index is 4.28. The highest BCUT2D eigenvalue weighted by Crippen LogP contribution is 2.24. The predicted octanol–water partition coefficient (Wildman–Crippen LogP) is 2.88. The number of aromatic nitrogens is 4. The second-order valence-electron chi connectivity index (χ2n) is 4.24. The lowest BCUT2D eigenvalue weighted by Crippen LogP contribution is -1.93. The van der Waals surface area contributed by atoms with Crippen molar-refractivity contribution in [3.8, 4) is 11.3 Å². The van der Waals surface area contributed by atoms with Crippen molar-refractivity contribution >= 4 is 16.4 Å². The number of nitrogens with zero attached hydrogens (tertiary/aromatic N) is 3. The second kappa shape index (κ2) is 3.43. The van der Waals surface area contributed by atoms with Crippen LogP contribution < -0.4 is 0 Å². The molecular weight excluding hydrogens is 224 g/mol. The molecule has 4 nitrogen and oxygen atoms in total. The molecule has 0 fully saturated rings. The first-order valence-electron chi connectivity index (χ1n) is 5.77. The van der Waals surface area contributed by atoms with Gasteiger partial charge in [0.15, 0.2) is 0 Å². The minimum atomic E-state index is 0.999. The summed E-state index contributed by atoms with van der Waals surface area (Å²) >= 11 is 0. The van der Waals surface area contributed by atoms with Crippen LogP contribution in [0.1, 0.15) is 0 Å². The Labute approximate surface area is 103 Å². The molecule has 0 saturated carbocycles. The highest BCUT2D eigenvalue weighted by molar-refractivity contribution is 5.84. The first kappa shape index (κ1) is 9.41. The largest absolute Gasteiger partial charge is 0.361 e. The molecule has 0 unspecified atom stereocenters. The van der Waals surface area contributed by atoms with Crippen molar-refractivity contribution in [1.29, 1.82) is 0 Å². The SMILES string of the molecule is c1ncc2ccc(-c3ccc4cc[nH]c4c3)n2n1. The van der Waals surface area contributed by atoms with Crippen molar-refractivity contribution in [1.82, 2.24) is 19.6 Å². The van der Waals surface area contributed by atoms with E-state index in [1.165, 1.54) is 5.39 Å². The Bertz CT molecular complexity index is 841. The average molecular weight is 234 g/mol. The maximum Gasteiger partial charge on any atom is 0.136 e. The third kappa shape index (κ3) is 1.26. The summed E-state index contributed by atoms with van der Waals surface area (Å²) in [6.07, 6.45) is 5.32. The number of benzene rings is 1. The monoisotopic (exact) mass is 234 g/mol. The molecular formula is C14H10N4. The van der Waals surface area contributed by atoms with E-state index in [4.69, 9.17) is 0 Å².